The highest BCUT2D eigenvalue weighted by Crippen LogP contribution is 2.30. The highest BCUT2D eigenvalue weighted by atomic mass is 16.5. The van der Waals surface area contributed by atoms with Crippen LogP contribution in [0.1, 0.15) is 81.8 Å². The molecule has 1 amide bonds. The molecule has 1 aliphatic carbocycles. The smallest absolute Gasteiger partial charge is 0.231 e. The molecule has 1 aromatic heterocycles. The minimum Gasteiger partial charge on any atom is -0.381 e. The van der Waals surface area contributed by atoms with Gasteiger partial charge in [0.15, 0.2) is 5.82 Å². The molecule has 4 rings (SSSR count). The zero-order valence-electron chi connectivity index (χ0n) is 18.2. The largest absolute Gasteiger partial charge is 0.381 e. The van der Waals surface area contributed by atoms with Gasteiger partial charge in [0.25, 0.3) is 0 Å². The van der Waals surface area contributed by atoms with E-state index in [1.54, 1.807) is 0 Å². The van der Waals surface area contributed by atoms with E-state index in [9.17, 15) is 4.79 Å². The van der Waals surface area contributed by atoms with Gasteiger partial charge in [-0.25, -0.2) is 0 Å². The third kappa shape index (κ3) is 6.27. The van der Waals surface area contributed by atoms with Crippen LogP contribution in [0.4, 0.5) is 0 Å². The molecule has 7 nitrogen and oxygen atoms in total. The van der Waals surface area contributed by atoms with Crippen LogP contribution in [-0.2, 0) is 20.7 Å². The summed E-state index contributed by atoms with van der Waals surface area (Å²) >= 11 is 0. The van der Waals surface area contributed by atoms with Crippen LogP contribution in [0.5, 0.6) is 0 Å². The van der Waals surface area contributed by atoms with Gasteiger partial charge in [-0.05, 0) is 50.4 Å². The first-order valence-corrected chi connectivity index (χ1v) is 12.0. The zero-order valence-corrected chi connectivity index (χ0v) is 18.2. The highest BCUT2D eigenvalue weighted by Gasteiger charge is 2.29. The van der Waals surface area contributed by atoms with E-state index in [0.717, 1.165) is 52.0 Å². The Morgan fingerprint density at radius 2 is 1.87 bits per heavy atom. The molecule has 0 bridgehead atoms. The lowest BCUT2D eigenvalue weighted by molar-refractivity contribution is -0.133. The van der Waals surface area contributed by atoms with Crippen molar-refractivity contribution in [3.05, 3.63) is 11.7 Å². The molecule has 168 valence electrons. The Balaban J connectivity index is 1.20. The average Bonchev–Trinajstić information content (AvgIpc) is 3.27. The molecule has 30 heavy (non-hydrogen) atoms. The van der Waals surface area contributed by atoms with Gasteiger partial charge in [-0.3, -0.25) is 4.79 Å². The summed E-state index contributed by atoms with van der Waals surface area (Å²) in [6.07, 6.45) is 11.9. The highest BCUT2D eigenvalue weighted by molar-refractivity contribution is 5.76. The van der Waals surface area contributed by atoms with Crippen LogP contribution in [0.25, 0.3) is 0 Å². The molecule has 3 fully saturated rings. The lowest BCUT2D eigenvalue weighted by Crippen LogP contribution is -2.40. The Bertz CT molecular complexity index is 653. The number of amides is 1. The van der Waals surface area contributed by atoms with Crippen LogP contribution in [-0.4, -0.2) is 60.5 Å². The third-order valence-corrected chi connectivity index (χ3v) is 6.96. The zero-order chi connectivity index (χ0) is 20.6. The first kappa shape index (κ1) is 21.8. The normalized spacial score (nSPS) is 24.3. The molecule has 0 aromatic carbocycles. The molecule has 1 atom stereocenters. The van der Waals surface area contributed by atoms with Gasteiger partial charge in [0.05, 0.1) is 12.5 Å². The second-order valence-electron chi connectivity index (χ2n) is 9.32. The number of piperidine rings is 1. The van der Waals surface area contributed by atoms with Crippen molar-refractivity contribution < 1.29 is 18.8 Å². The summed E-state index contributed by atoms with van der Waals surface area (Å²) in [4.78, 5) is 19.4. The van der Waals surface area contributed by atoms with Crippen LogP contribution in [0.3, 0.4) is 0 Å². The second kappa shape index (κ2) is 11.2. The van der Waals surface area contributed by atoms with E-state index in [2.05, 4.69) is 10.1 Å². The molecule has 1 unspecified atom stereocenters. The molecule has 0 spiro atoms. The molecule has 1 aromatic rings. The maximum Gasteiger partial charge on any atom is 0.231 e. The standard InChI is InChI=1S/C23H37N3O4/c27-22(15-18-5-2-1-3-6-18)26-11-4-7-20(16-26)23-24-21(25-30-23)10-14-29-17-19-8-12-28-13-9-19/h18-20H,1-17H2. The summed E-state index contributed by atoms with van der Waals surface area (Å²) < 4.78 is 16.8. The number of ether oxygens (including phenoxy) is 2. The van der Waals surface area contributed by atoms with Crippen molar-refractivity contribution in [2.24, 2.45) is 11.8 Å². The van der Waals surface area contributed by atoms with Crippen LogP contribution >= 0.6 is 0 Å². The maximum atomic E-state index is 12.8. The number of aromatic nitrogens is 2. The molecule has 3 heterocycles. The number of nitrogens with zero attached hydrogens (tertiary/aromatic N) is 3. The monoisotopic (exact) mass is 419 g/mol. The minimum absolute atomic E-state index is 0.165. The van der Waals surface area contributed by atoms with Crippen molar-refractivity contribution in [1.29, 1.82) is 0 Å². The fourth-order valence-electron chi connectivity index (χ4n) is 5.03. The van der Waals surface area contributed by atoms with Crippen molar-refractivity contribution >= 4 is 5.91 Å². The van der Waals surface area contributed by atoms with Crippen molar-refractivity contribution in [2.45, 2.75) is 76.5 Å². The van der Waals surface area contributed by atoms with Gasteiger partial charge in [0.1, 0.15) is 0 Å². The summed E-state index contributed by atoms with van der Waals surface area (Å²) in [7, 11) is 0. The van der Waals surface area contributed by atoms with Crippen molar-refractivity contribution in [2.75, 3.05) is 39.5 Å². The maximum absolute atomic E-state index is 12.8. The van der Waals surface area contributed by atoms with Gasteiger partial charge in [-0.2, -0.15) is 4.98 Å². The predicted octanol–water partition coefficient (Wildman–Crippen LogP) is 3.73. The number of carbonyl (C=O) groups excluding carboxylic acids is 1. The van der Waals surface area contributed by atoms with Crippen LogP contribution in [0, 0.1) is 11.8 Å². The molecule has 1 saturated carbocycles. The molecule has 2 saturated heterocycles. The lowest BCUT2D eigenvalue weighted by Gasteiger charge is -2.32. The number of likely N-dealkylation sites (tertiary alicyclic amines) is 1. The van der Waals surface area contributed by atoms with Crippen molar-refractivity contribution in [3.63, 3.8) is 0 Å². The van der Waals surface area contributed by atoms with Gasteiger partial charge in [0, 0.05) is 45.8 Å². The lowest BCUT2D eigenvalue weighted by atomic mass is 9.86. The SMILES string of the molecule is O=C(CC1CCCCC1)N1CCCC(c2nc(CCOCC3CCOCC3)no2)C1. The number of rotatable bonds is 8. The number of hydrogen-bond donors (Lipinski definition) is 0. The summed E-state index contributed by atoms with van der Waals surface area (Å²) in [6.45, 7) is 4.69. The molecule has 7 heteroatoms. The second-order valence-corrected chi connectivity index (χ2v) is 9.32. The summed E-state index contributed by atoms with van der Waals surface area (Å²) in [5, 5.41) is 4.15. The van der Waals surface area contributed by atoms with Crippen LogP contribution in [0.15, 0.2) is 4.52 Å². The Hall–Kier alpha value is -1.47. The van der Waals surface area contributed by atoms with E-state index in [0.29, 0.717) is 55.5 Å². The minimum atomic E-state index is 0.165. The fraction of sp³-hybridized carbons (Fsp3) is 0.870. The number of hydrogen-bond acceptors (Lipinski definition) is 6. The molecule has 0 N–H and O–H groups in total. The van der Waals surface area contributed by atoms with Gasteiger partial charge >= 0.3 is 0 Å². The van der Waals surface area contributed by atoms with E-state index < -0.39 is 0 Å². The Kier molecular flexibility index (Phi) is 8.15. The van der Waals surface area contributed by atoms with Gasteiger partial charge in [-0.15, -0.1) is 0 Å². The first-order valence-electron chi connectivity index (χ1n) is 12.0. The van der Waals surface area contributed by atoms with E-state index in [4.69, 9.17) is 14.0 Å². The molecule has 2 aliphatic heterocycles. The first-order chi connectivity index (χ1) is 14.8. The van der Waals surface area contributed by atoms with Gasteiger partial charge < -0.3 is 18.9 Å². The molecular weight excluding hydrogens is 382 g/mol. The van der Waals surface area contributed by atoms with Gasteiger partial charge in [0.2, 0.25) is 11.8 Å². The van der Waals surface area contributed by atoms with E-state index in [-0.39, 0.29) is 5.92 Å². The van der Waals surface area contributed by atoms with Crippen LogP contribution in [0.2, 0.25) is 0 Å². The third-order valence-electron chi connectivity index (χ3n) is 6.96. The predicted molar refractivity (Wildman–Crippen MR) is 112 cm³/mol. The molecule has 0 radical (unpaired) electrons. The molecular formula is C23H37N3O4. The van der Waals surface area contributed by atoms with Gasteiger partial charge in [-0.1, -0.05) is 24.4 Å². The Morgan fingerprint density at radius 1 is 1.03 bits per heavy atom. The van der Waals surface area contributed by atoms with E-state index in [1.165, 1.54) is 32.1 Å². The quantitative estimate of drug-likeness (QED) is 0.598. The summed E-state index contributed by atoms with van der Waals surface area (Å²) in [5.74, 6) is 3.07. The summed E-state index contributed by atoms with van der Waals surface area (Å²) in [6, 6.07) is 0. The Morgan fingerprint density at radius 3 is 2.70 bits per heavy atom. The fourth-order valence-corrected chi connectivity index (χ4v) is 5.03. The average molecular weight is 420 g/mol. The Labute approximate surface area is 179 Å². The van der Waals surface area contributed by atoms with Crippen LogP contribution < -0.4 is 0 Å². The summed E-state index contributed by atoms with van der Waals surface area (Å²) in [5.41, 5.74) is 0. The topological polar surface area (TPSA) is 77.7 Å². The van der Waals surface area contributed by atoms with Crippen molar-refractivity contribution in [1.82, 2.24) is 15.0 Å². The van der Waals surface area contributed by atoms with Crippen molar-refractivity contribution in [3.8, 4) is 0 Å². The number of carbonyl (C=O) groups is 1. The molecule has 3 aliphatic rings. The van der Waals surface area contributed by atoms with E-state index >= 15 is 0 Å². The van der Waals surface area contributed by atoms with E-state index in [1.807, 2.05) is 4.90 Å².